The van der Waals surface area contributed by atoms with E-state index in [1.807, 2.05) is 0 Å². The summed E-state index contributed by atoms with van der Waals surface area (Å²) in [6, 6.07) is 2.63. The molecule has 0 saturated carbocycles. The molecular weight excluding hydrogens is 409 g/mol. The lowest BCUT2D eigenvalue weighted by atomic mass is 10.1. The highest BCUT2D eigenvalue weighted by molar-refractivity contribution is 6.31. The second kappa shape index (κ2) is 8.83. The summed E-state index contributed by atoms with van der Waals surface area (Å²) < 4.78 is 72.3. The molecule has 0 atom stereocenters. The fourth-order valence-electron chi connectivity index (χ4n) is 2.03. The van der Waals surface area contributed by atoms with Gasteiger partial charge in [-0.2, -0.15) is 0 Å². The molecule has 0 radical (unpaired) electrons. The lowest BCUT2D eigenvalue weighted by Gasteiger charge is -2.09. The average Bonchev–Trinajstić information content (AvgIpc) is 2.64. The van der Waals surface area contributed by atoms with Crippen molar-refractivity contribution in [3.05, 3.63) is 69.5 Å². The van der Waals surface area contributed by atoms with Gasteiger partial charge in [0.1, 0.15) is 22.2 Å². The molecule has 28 heavy (non-hydrogen) atoms. The fourth-order valence-corrected chi connectivity index (χ4v) is 2.22. The summed E-state index contributed by atoms with van der Waals surface area (Å²) in [5, 5.41) is 8.99. The minimum Gasteiger partial charge on any atom is -0.506 e. The Bertz CT molecular complexity index is 992. The predicted octanol–water partition coefficient (Wildman–Crippen LogP) is 5.27. The van der Waals surface area contributed by atoms with Crippen molar-refractivity contribution >= 4 is 35.2 Å². The van der Waals surface area contributed by atoms with Gasteiger partial charge in [-0.3, -0.25) is 4.99 Å². The summed E-state index contributed by atoms with van der Waals surface area (Å²) >= 11 is 5.33. The van der Waals surface area contributed by atoms with Gasteiger partial charge < -0.3 is 9.84 Å². The summed E-state index contributed by atoms with van der Waals surface area (Å²) in [6.45, 7) is 1.27. The van der Waals surface area contributed by atoms with E-state index in [0.717, 1.165) is 12.1 Å². The minimum atomic E-state index is -1.68. The standard InChI is InChI=1S/C18H11ClF5NO3/c1-2-28-18(27)10(7-25-13-4-3-8(20)5-11(13)21)17(26)9-6-12(22)16(24)14(19)15(9)23/h3-7,26H,2H2,1H3. The number of halogens is 6. The van der Waals surface area contributed by atoms with Crippen molar-refractivity contribution in [3.63, 3.8) is 0 Å². The first-order chi connectivity index (χ1) is 13.2. The first kappa shape index (κ1) is 21.4. The zero-order chi connectivity index (χ0) is 21.0. The van der Waals surface area contributed by atoms with E-state index in [2.05, 4.69) is 9.73 Å². The zero-order valence-corrected chi connectivity index (χ0v) is 14.8. The van der Waals surface area contributed by atoms with Crippen LogP contribution in [0.3, 0.4) is 0 Å². The molecule has 0 aliphatic rings. The Morgan fingerprint density at radius 3 is 2.43 bits per heavy atom. The van der Waals surface area contributed by atoms with Gasteiger partial charge >= 0.3 is 5.97 Å². The lowest BCUT2D eigenvalue weighted by Crippen LogP contribution is -2.12. The Morgan fingerprint density at radius 1 is 1.14 bits per heavy atom. The van der Waals surface area contributed by atoms with Gasteiger partial charge in [0.05, 0.1) is 17.9 Å². The fraction of sp³-hybridized carbons (Fsp3) is 0.111. The van der Waals surface area contributed by atoms with Crippen molar-refractivity contribution in [1.29, 1.82) is 0 Å². The van der Waals surface area contributed by atoms with Gasteiger partial charge in [0.2, 0.25) is 0 Å². The summed E-state index contributed by atoms with van der Waals surface area (Å²) in [5.41, 5.74) is -2.16. The number of carbonyl (C=O) groups excluding carboxylic acids is 1. The molecule has 2 aromatic carbocycles. The molecule has 0 aliphatic carbocycles. The summed E-state index contributed by atoms with van der Waals surface area (Å²) in [7, 11) is 0. The smallest absolute Gasteiger partial charge is 0.343 e. The first-order valence-corrected chi connectivity index (χ1v) is 7.98. The number of hydrogen-bond acceptors (Lipinski definition) is 4. The van der Waals surface area contributed by atoms with Crippen molar-refractivity contribution in [2.24, 2.45) is 4.99 Å². The van der Waals surface area contributed by atoms with E-state index in [1.54, 1.807) is 0 Å². The van der Waals surface area contributed by atoms with E-state index in [9.17, 15) is 31.9 Å². The monoisotopic (exact) mass is 419 g/mol. The second-order valence-electron chi connectivity index (χ2n) is 5.18. The normalized spacial score (nSPS) is 12.2. The number of hydrogen-bond donors (Lipinski definition) is 1. The number of benzene rings is 2. The molecule has 148 valence electrons. The highest BCUT2D eigenvalue weighted by Gasteiger charge is 2.24. The van der Waals surface area contributed by atoms with E-state index in [-0.39, 0.29) is 12.7 Å². The van der Waals surface area contributed by atoms with E-state index >= 15 is 0 Å². The number of aliphatic imine (C=N–C) groups is 1. The van der Waals surface area contributed by atoms with Crippen molar-refractivity contribution in [2.45, 2.75) is 6.92 Å². The zero-order valence-electron chi connectivity index (χ0n) is 14.1. The molecular formula is C18H11ClF5NO3. The van der Waals surface area contributed by atoms with Crippen LogP contribution in [0.1, 0.15) is 12.5 Å². The molecule has 0 aliphatic heterocycles. The van der Waals surface area contributed by atoms with Crippen molar-refractivity contribution in [2.75, 3.05) is 6.61 Å². The molecule has 10 heteroatoms. The largest absolute Gasteiger partial charge is 0.506 e. The SMILES string of the molecule is CCOC(=O)C(C=Nc1ccc(F)cc1F)=C(O)c1cc(F)c(F)c(Cl)c1F. The maximum Gasteiger partial charge on any atom is 0.343 e. The van der Waals surface area contributed by atoms with E-state index in [0.29, 0.717) is 12.3 Å². The molecule has 0 unspecified atom stereocenters. The number of aliphatic hydroxyl groups is 1. The topological polar surface area (TPSA) is 58.9 Å². The van der Waals surface area contributed by atoms with E-state index in [4.69, 9.17) is 11.6 Å². The molecule has 1 N–H and O–H groups in total. The average molecular weight is 420 g/mol. The van der Waals surface area contributed by atoms with Gasteiger partial charge in [-0.25, -0.2) is 26.7 Å². The first-order valence-electron chi connectivity index (χ1n) is 7.60. The lowest BCUT2D eigenvalue weighted by molar-refractivity contribution is -0.137. The van der Waals surface area contributed by atoms with Crippen LogP contribution in [-0.2, 0) is 9.53 Å². The van der Waals surface area contributed by atoms with Crippen molar-refractivity contribution in [1.82, 2.24) is 0 Å². The molecule has 4 nitrogen and oxygen atoms in total. The van der Waals surface area contributed by atoms with Crippen LogP contribution in [0, 0.1) is 29.1 Å². The number of carbonyl (C=O) groups is 1. The Hall–Kier alpha value is -2.94. The van der Waals surface area contributed by atoms with Gasteiger partial charge in [0, 0.05) is 12.3 Å². The van der Waals surface area contributed by atoms with Crippen LogP contribution in [-0.4, -0.2) is 23.9 Å². The van der Waals surface area contributed by atoms with Gasteiger partial charge in [-0.05, 0) is 25.1 Å². The van der Waals surface area contributed by atoms with Crippen LogP contribution < -0.4 is 0 Å². The van der Waals surface area contributed by atoms with E-state index < -0.39 is 62.7 Å². The second-order valence-corrected chi connectivity index (χ2v) is 5.56. The summed E-state index contributed by atoms with van der Waals surface area (Å²) in [6.07, 6.45) is 0.609. The Kier molecular flexibility index (Phi) is 6.74. The van der Waals surface area contributed by atoms with Crippen LogP contribution in [0.2, 0.25) is 5.02 Å². The van der Waals surface area contributed by atoms with Crippen LogP contribution >= 0.6 is 11.6 Å². The number of esters is 1. The quantitative estimate of drug-likeness (QED) is 0.137. The predicted molar refractivity (Wildman–Crippen MR) is 92.0 cm³/mol. The summed E-state index contributed by atoms with van der Waals surface area (Å²) in [5.74, 6) is -9.16. The molecule has 0 aromatic heterocycles. The van der Waals surface area contributed by atoms with Crippen LogP contribution in [0.25, 0.3) is 5.76 Å². The van der Waals surface area contributed by atoms with E-state index in [1.165, 1.54) is 6.92 Å². The van der Waals surface area contributed by atoms with Gasteiger partial charge in [0.25, 0.3) is 0 Å². The van der Waals surface area contributed by atoms with Gasteiger partial charge in [-0.15, -0.1) is 0 Å². The molecule has 0 fully saturated rings. The number of nitrogens with zero attached hydrogens (tertiary/aromatic N) is 1. The highest BCUT2D eigenvalue weighted by atomic mass is 35.5. The Balaban J connectivity index is 2.62. The third kappa shape index (κ3) is 4.48. The maximum absolute atomic E-state index is 14.1. The van der Waals surface area contributed by atoms with Crippen molar-refractivity contribution in [3.8, 4) is 0 Å². The maximum atomic E-state index is 14.1. The molecule has 0 bridgehead atoms. The molecule has 2 rings (SSSR count). The highest BCUT2D eigenvalue weighted by Crippen LogP contribution is 2.29. The van der Waals surface area contributed by atoms with Gasteiger partial charge in [0.15, 0.2) is 23.3 Å². The van der Waals surface area contributed by atoms with Gasteiger partial charge in [-0.1, -0.05) is 11.6 Å². The number of rotatable bonds is 5. The van der Waals surface area contributed by atoms with Crippen LogP contribution in [0.5, 0.6) is 0 Å². The molecule has 0 spiro atoms. The summed E-state index contributed by atoms with van der Waals surface area (Å²) in [4.78, 5) is 15.6. The molecule has 0 saturated heterocycles. The number of ether oxygens (including phenoxy) is 1. The van der Waals surface area contributed by atoms with Crippen molar-refractivity contribution < 1.29 is 36.6 Å². The third-order valence-corrected chi connectivity index (χ3v) is 3.68. The molecule has 2 aromatic rings. The van der Waals surface area contributed by atoms with Crippen LogP contribution in [0.15, 0.2) is 34.8 Å². The van der Waals surface area contributed by atoms with Crippen LogP contribution in [0.4, 0.5) is 27.6 Å². The Labute approximate surface area is 160 Å². The minimum absolute atomic E-state index is 0.157. The molecule has 0 heterocycles. The molecule has 0 amide bonds. The number of aliphatic hydroxyl groups excluding tert-OH is 1. The third-order valence-electron chi connectivity index (χ3n) is 3.35. The Morgan fingerprint density at radius 2 is 1.82 bits per heavy atom.